The SMILES string of the molecule is c1ccc(-c2ccc(N(c3ccccc3-c3ccccc3)c3ccccc3-c3ccccc3-n3c4ccccc4c4ccccc43)cc2)cc1. The van der Waals surface area contributed by atoms with Crippen LogP contribution in [0.1, 0.15) is 0 Å². The highest BCUT2D eigenvalue weighted by Crippen LogP contribution is 2.46. The third-order valence-electron chi connectivity index (χ3n) is 9.62. The summed E-state index contributed by atoms with van der Waals surface area (Å²) in [5, 5.41) is 2.51. The van der Waals surface area contributed by atoms with Crippen molar-refractivity contribution in [3.8, 4) is 39.1 Å². The van der Waals surface area contributed by atoms with Gasteiger partial charge in [-0.3, -0.25) is 0 Å². The lowest BCUT2D eigenvalue weighted by molar-refractivity contribution is 1.18. The van der Waals surface area contributed by atoms with Gasteiger partial charge >= 0.3 is 0 Å². The average Bonchev–Trinajstić information content (AvgIpc) is 3.54. The predicted molar refractivity (Wildman–Crippen MR) is 212 cm³/mol. The zero-order chi connectivity index (χ0) is 33.3. The lowest BCUT2D eigenvalue weighted by Gasteiger charge is -2.30. The molecule has 0 aliphatic rings. The maximum atomic E-state index is 2.43. The number of anilines is 3. The average molecular weight is 639 g/mol. The number of nitrogens with zero attached hydrogens (tertiary/aromatic N) is 2. The fourth-order valence-electron chi connectivity index (χ4n) is 7.35. The maximum absolute atomic E-state index is 2.43. The van der Waals surface area contributed by atoms with Crippen LogP contribution in [-0.2, 0) is 0 Å². The Bertz CT molecular complexity index is 2530. The Morgan fingerprint density at radius 2 is 0.740 bits per heavy atom. The summed E-state index contributed by atoms with van der Waals surface area (Å²) >= 11 is 0. The minimum absolute atomic E-state index is 1.09. The molecule has 0 unspecified atom stereocenters. The molecule has 2 nitrogen and oxygen atoms in total. The molecule has 0 atom stereocenters. The van der Waals surface area contributed by atoms with E-state index in [4.69, 9.17) is 0 Å². The molecule has 1 aromatic heterocycles. The molecule has 0 bridgehead atoms. The van der Waals surface area contributed by atoms with Gasteiger partial charge in [-0.15, -0.1) is 0 Å². The van der Waals surface area contributed by atoms with Crippen LogP contribution in [0.5, 0.6) is 0 Å². The van der Waals surface area contributed by atoms with Crippen molar-refractivity contribution < 1.29 is 0 Å². The van der Waals surface area contributed by atoms with Gasteiger partial charge in [0.2, 0.25) is 0 Å². The summed E-state index contributed by atoms with van der Waals surface area (Å²) in [6.07, 6.45) is 0. The van der Waals surface area contributed by atoms with Crippen molar-refractivity contribution in [3.05, 3.63) is 206 Å². The van der Waals surface area contributed by atoms with E-state index in [1.165, 1.54) is 44.1 Å². The second-order valence-corrected chi connectivity index (χ2v) is 12.5. The van der Waals surface area contributed by atoms with E-state index in [9.17, 15) is 0 Å². The summed E-state index contributed by atoms with van der Waals surface area (Å²) in [5.41, 5.74) is 13.9. The first-order valence-electron chi connectivity index (χ1n) is 17.1. The highest BCUT2D eigenvalue weighted by Gasteiger charge is 2.22. The third kappa shape index (κ3) is 5.15. The Morgan fingerprint density at radius 1 is 0.300 bits per heavy atom. The van der Waals surface area contributed by atoms with Gasteiger partial charge in [0.05, 0.1) is 28.1 Å². The molecule has 0 radical (unpaired) electrons. The second kappa shape index (κ2) is 12.8. The molecule has 1 heterocycles. The zero-order valence-electron chi connectivity index (χ0n) is 27.5. The van der Waals surface area contributed by atoms with Crippen LogP contribution in [0.3, 0.4) is 0 Å². The molecule has 8 aromatic carbocycles. The number of para-hydroxylation sites is 5. The van der Waals surface area contributed by atoms with Crippen LogP contribution >= 0.6 is 0 Å². The summed E-state index contributed by atoms with van der Waals surface area (Å²) in [5.74, 6) is 0. The van der Waals surface area contributed by atoms with Gasteiger partial charge in [0.25, 0.3) is 0 Å². The molecule has 0 fully saturated rings. The van der Waals surface area contributed by atoms with E-state index in [1.807, 2.05) is 0 Å². The molecule has 0 amide bonds. The van der Waals surface area contributed by atoms with Crippen molar-refractivity contribution in [2.45, 2.75) is 0 Å². The molecule has 0 spiro atoms. The first kappa shape index (κ1) is 29.5. The van der Waals surface area contributed by atoms with Crippen LogP contribution in [0, 0.1) is 0 Å². The summed E-state index contributed by atoms with van der Waals surface area (Å²) < 4.78 is 2.42. The van der Waals surface area contributed by atoms with E-state index in [2.05, 4.69) is 216 Å². The lowest BCUT2D eigenvalue weighted by atomic mass is 9.97. The van der Waals surface area contributed by atoms with Crippen LogP contribution in [-0.4, -0.2) is 4.57 Å². The van der Waals surface area contributed by atoms with Crippen LogP contribution in [0.15, 0.2) is 206 Å². The van der Waals surface area contributed by atoms with Crippen molar-refractivity contribution in [3.63, 3.8) is 0 Å². The molecule has 50 heavy (non-hydrogen) atoms. The first-order valence-corrected chi connectivity index (χ1v) is 17.1. The van der Waals surface area contributed by atoms with E-state index >= 15 is 0 Å². The smallest absolute Gasteiger partial charge is 0.0541 e. The normalized spacial score (nSPS) is 11.2. The minimum Gasteiger partial charge on any atom is -0.309 e. The van der Waals surface area contributed by atoms with E-state index in [0.717, 1.165) is 33.9 Å². The molecule has 0 aliphatic heterocycles. The highest BCUT2D eigenvalue weighted by atomic mass is 15.1. The number of aromatic nitrogens is 1. The number of fused-ring (bicyclic) bond motifs is 3. The second-order valence-electron chi connectivity index (χ2n) is 12.5. The molecule has 0 saturated heterocycles. The lowest BCUT2D eigenvalue weighted by Crippen LogP contribution is -2.12. The fourth-order valence-corrected chi connectivity index (χ4v) is 7.35. The molecule has 9 aromatic rings. The Balaban J connectivity index is 1.29. The van der Waals surface area contributed by atoms with Gasteiger partial charge in [0.1, 0.15) is 0 Å². The van der Waals surface area contributed by atoms with Gasteiger partial charge in [-0.1, -0.05) is 164 Å². The molecular formula is C48H34N2. The van der Waals surface area contributed by atoms with Gasteiger partial charge in [0, 0.05) is 33.2 Å². The monoisotopic (exact) mass is 638 g/mol. The Hall–Kier alpha value is -6.64. The number of benzene rings is 8. The molecule has 9 rings (SSSR count). The Morgan fingerprint density at radius 3 is 1.38 bits per heavy atom. The van der Waals surface area contributed by atoms with Crippen LogP contribution in [0.2, 0.25) is 0 Å². The van der Waals surface area contributed by atoms with E-state index in [0.29, 0.717) is 0 Å². The molecular weight excluding hydrogens is 605 g/mol. The van der Waals surface area contributed by atoms with Gasteiger partial charge in [-0.2, -0.15) is 0 Å². The highest BCUT2D eigenvalue weighted by molar-refractivity contribution is 6.10. The number of hydrogen-bond acceptors (Lipinski definition) is 1. The summed E-state index contributed by atoms with van der Waals surface area (Å²) in [7, 11) is 0. The van der Waals surface area contributed by atoms with E-state index in [-0.39, 0.29) is 0 Å². The number of hydrogen-bond donors (Lipinski definition) is 0. The Kier molecular flexibility index (Phi) is 7.53. The predicted octanol–water partition coefficient (Wildman–Crippen LogP) is 13.3. The molecule has 0 aliphatic carbocycles. The molecule has 2 heteroatoms. The zero-order valence-corrected chi connectivity index (χ0v) is 27.5. The first-order chi connectivity index (χ1) is 24.8. The van der Waals surface area contributed by atoms with Crippen molar-refractivity contribution in [1.82, 2.24) is 4.57 Å². The quantitative estimate of drug-likeness (QED) is 0.169. The Labute approximate surface area is 292 Å². The van der Waals surface area contributed by atoms with Crippen LogP contribution in [0.25, 0.3) is 60.9 Å². The van der Waals surface area contributed by atoms with Crippen molar-refractivity contribution in [1.29, 1.82) is 0 Å². The maximum Gasteiger partial charge on any atom is 0.0541 e. The largest absolute Gasteiger partial charge is 0.309 e. The van der Waals surface area contributed by atoms with Gasteiger partial charge in [0.15, 0.2) is 0 Å². The third-order valence-corrected chi connectivity index (χ3v) is 9.62. The minimum atomic E-state index is 1.09. The van der Waals surface area contributed by atoms with Crippen LogP contribution in [0.4, 0.5) is 17.1 Å². The van der Waals surface area contributed by atoms with E-state index < -0.39 is 0 Å². The molecule has 236 valence electrons. The standard InChI is InChI=1S/C48H34N2/c1-3-17-35(18-4-1)36-31-33-38(34-32-36)49(44-26-12-7-21-39(44)37-19-5-2-6-20-37)45-27-13-8-22-40(45)41-23-9-14-28-46(41)50-47-29-15-10-24-42(47)43-25-11-16-30-48(43)50/h1-34H. The summed E-state index contributed by atoms with van der Waals surface area (Å²) in [4.78, 5) is 2.43. The van der Waals surface area contributed by atoms with Crippen molar-refractivity contribution >= 4 is 38.9 Å². The van der Waals surface area contributed by atoms with Crippen LogP contribution < -0.4 is 4.90 Å². The van der Waals surface area contributed by atoms with E-state index in [1.54, 1.807) is 0 Å². The molecule has 0 N–H and O–H groups in total. The van der Waals surface area contributed by atoms with Gasteiger partial charge in [-0.05, 0) is 59.2 Å². The van der Waals surface area contributed by atoms with Crippen molar-refractivity contribution in [2.24, 2.45) is 0 Å². The van der Waals surface area contributed by atoms with Crippen molar-refractivity contribution in [2.75, 3.05) is 4.90 Å². The molecule has 0 saturated carbocycles. The number of rotatable bonds is 7. The summed E-state index contributed by atoms with van der Waals surface area (Å²) in [6.45, 7) is 0. The fraction of sp³-hybridized carbons (Fsp3) is 0. The van der Waals surface area contributed by atoms with Gasteiger partial charge < -0.3 is 9.47 Å². The summed E-state index contributed by atoms with van der Waals surface area (Å²) in [6, 6.07) is 74.1. The topological polar surface area (TPSA) is 8.17 Å². The van der Waals surface area contributed by atoms with Gasteiger partial charge in [-0.25, -0.2) is 0 Å².